The summed E-state index contributed by atoms with van der Waals surface area (Å²) < 4.78 is 46.3. The number of hydrogen-bond donors (Lipinski definition) is 2. The van der Waals surface area contributed by atoms with E-state index in [4.69, 9.17) is 10.5 Å². The molecule has 0 bridgehead atoms. The van der Waals surface area contributed by atoms with Crippen LogP contribution in [0.1, 0.15) is 52.7 Å². The molecule has 3 amide bonds. The maximum Gasteiger partial charge on any atom is 0.437 e. The van der Waals surface area contributed by atoms with Crippen molar-refractivity contribution in [1.29, 1.82) is 0 Å². The van der Waals surface area contributed by atoms with Crippen LogP contribution >= 0.6 is 0 Å². The number of piperidine rings is 1. The number of ether oxygens (including phenoxy) is 1. The van der Waals surface area contributed by atoms with Crippen molar-refractivity contribution >= 4 is 23.9 Å². The number of amides is 3. The Hall–Kier alpha value is -3.89. The molecule has 2 aromatic rings. The highest BCUT2D eigenvalue weighted by molar-refractivity contribution is 6.07. The molecule has 1 aliphatic heterocycles. The largest absolute Gasteiger partial charge is 0.443 e. The third-order valence-electron chi connectivity index (χ3n) is 5.66. The Balaban J connectivity index is 1.68. The van der Waals surface area contributed by atoms with Gasteiger partial charge in [-0.2, -0.15) is 13.2 Å². The number of carbonyl (C=O) groups is 3. The molecular formula is C24H25F3N4O4. The monoisotopic (exact) mass is 490 g/mol. The number of nitrogens with one attached hydrogen (secondary N) is 1. The van der Waals surface area contributed by atoms with Crippen molar-refractivity contribution in [3.63, 3.8) is 0 Å². The number of halogens is 3. The third-order valence-corrected chi connectivity index (χ3v) is 5.66. The minimum absolute atomic E-state index is 0.0633. The summed E-state index contributed by atoms with van der Waals surface area (Å²) in [6.45, 7) is 2.10. The van der Waals surface area contributed by atoms with E-state index in [1.807, 2.05) is 0 Å². The predicted molar refractivity (Wildman–Crippen MR) is 121 cm³/mol. The van der Waals surface area contributed by atoms with Gasteiger partial charge in [-0.05, 0) is 42.0 Å². The van der Waals surface area contributed by atoms with E-state index in [1.54, 1.807) is 35.2 Å². The summed E-state index contributed by atoms with van der Waals surface area (Å²) in [6.07, 6.45) is -4.97. The van der Waals surface area contributed by atoms with Crippen LogP contribution in [-0.4, -0.2) is 41.9 Å². The van der Waals surface area contributed by atoms with Crippen LogP contribution in [0.3, 0.4) is 0 Å². The number of guanidine groups is 1. The van der Waals surface area contributed by atoms with Crippen molar-refractivity contribution in [1.82, 2.24) is 10.2 Å². The Kier molecular flexibility index (Phi) is 8.10. The highest BCUT2D eigenvalue weighted by atomic mass is 19.4. The van der Waals surface area contributed by atoms with E-state index >= 15 is 0 Å². The zero-order valence-electron chi connectivity index (χ0n) is 19.0. The number of hydrogen-bond acceptors (Lipinski definition) is 4. The zero-order chi connectivity index (χ0) is 25.6. The van der Waals surface area contributed by atoms with Crippen LogP contribution < -0.4 is 11.1 Å². The van der Waals surface area contributed by atoms with E-state index in [0.29, 0.717) is 31.5 Å². The van der Waals surface area contributed by atoms with Crippen molar-refractivity contribution in [3.8, 4) is 0 Å². The van der Waals surface area contributed by atoms with Crippen LogP contribution in [0.2, 0.25) is 0 Å². The molecule has 3 rings (SSSR count). The molecule has 1 fully saturated rings. The molecule has 8 nitrogen and oxygen atoms in total. The molecule has 0 aromatic heterocycles. The van der Waals surface area contributed by atoms with Gasteiger partial charge >= 0.3 is 12.3 Å². The number of nitrogens with two attached hydrogens (primary N) is 1. The summed E-state index contributed by atoms with van der Waals surface area (Å²) in [7, 11) is 0. The minimum atomic E-state index is -4.69. The number of rotatable bonds is 4. The average Bonchev–Trinajstić information content (AvgIpc) is 2.82. The van der Waals surface area contributed by atoms with Gasteiger partial charge in [0.15, 0.2) is 0 Å². The first-order valence-corrected chi connectivity index (χ1v) is 10.9. The van der Waals surface area contributed by atoms with Crippen LogP contribution in [0.4, 0.5) is 18.0 Å². The maximum atomic E-state index is 13.8. The predicted octanol–water partition coefficient (Wildman–Crippen LogP) is 3.81. The normalized spacial score (nSPS) is 15.0. The lowest BCUT2D eigenvalue weighted by Crippen LogP contribution is -2.38. The average molecular weight is 490 g/mol. The summed E-state index contributed by atoms with van der Waals surface area (Å²) >= 11 is 0. The van der Waals surface area contributed by atoms with E-state index in [-0.39, 0.29) is 23.6 Å². The van der Waals surface area contributed by atoms with Crippen molar-refractivity contribution in [2.75, 3.05) is 13.1 Å². The van der Waals surface area contributed by atoms with Crippen molar-refractivity contribution in [2.45, 2.75) is 38.5 Å². The maximum absolute atomic E-state index is 13.8. The fraction of sp³-hybridized carbons (Fsp3) is 0.333. The second-order valence-electron chi connectivity index (χ2n) is 8.07. The summed E-state index contributed by atoms with van der Waals surface area (Å²) in [6, 6.07) is 12.1. The van der Waals surface area contributed by atoms with Gasteiger partial charge in [0.1, 0.15) is 6.61 Å². The van der Waals surface area contributed by atoms with E-state index in [1.165, 1.54) is 19.1 Å². The van der Waals surface area contributed by atoms with Gasteiger partial charge in [0.25, 0.3) is 5.91 Å². The van der Waals surface area contributed by atoms with Gasteiger partial charge in [-0.1, -0.05) is 36.4 Å². The summed E-state index contributed by atoms with van der Waals surface area (Å²) in [5, 5.41) is 2.10. The SMILES string of the molecule is CC(=O)N1CCC(c2ccc(C(=O)N/C(N)=N\C(=O)OCc3ccccc3)cc2C(F)(F)F)CC1. The first kappa shape index (κ1) is 25.7. The second-order valence-corrected chi connectivity index (χ2v) is 8.07. The Morgan fingerprint density at radius 2 is 1.77 bits per heavy atom. The van der Waals surface area contributed by atoms with E-state index in [0.717, 1.165) is 6.07 Å². The topological polar surface area (TPSA) is 114 Å². The Labute approximate surface area is 200 Å². The van der Waals surface area contributed by atoms with Crippen molar-refractivity contribution in [3.05, 3.63) is 70.8 Å². The molecule has 0 radical (unpaired) electrons. The Morgan fingerprint density at radius 3 is 2.37 bits per heavy atom. The van der Waals surface area contributed by atoms with Crippen LogP contribution in [0.25, 0.3) is 0 Å². The lowest BCUT2D eigenvalue weighted by Gasteiger charge is -2.32. The quantitative estimate of drug-likeness (QED) is 0.500. The summed E-state index contributed by atoms with van der Waals surface area (Å²) in [5.74, 6) is -2.08. The molecule has 0 aliphatic carbocycles. The van der Waals surface area contributed by atoms with Gasteiger partial charge in [0.2, 0.25) is 11.9 Å². The number of likely N-dealkylation sites (tertiary alicyclic amines) is 1. The van der Waals surface area contributed by atoms with Crippen molar-refractivity contribution in [2.24, 2.45) is 10.7 Å². The number of alkyl halides is 3. The lowest BCUT2D eigenvalue weighted by molar-refractivity contribution is -0.139. The smallest absolute Gasteiger partial charge is 0.437 e. The summed E-state index contributed by atoms with van der Waals surface area (Å²) in [4.78, 5) is 40.7. The second kappa shape index (κ2) is 11.0. The molecular weight excluding hydrogens is 465 g/mol. The van der Waals surface area contributed by atoms with Crippen molar-refractivity contribution < 1.29 is 32.3 Å². The molecule has 3 N–H and O–H groups in total. The lowest BCUT2D eigenvalue weighted by atomic mass is 9.85. The molecule has 35 heavy (non-hydrogen) atoms. The fourth-order valence-corrected chi connectivity index (χ4v) is 3.87. The molecule has 0 spiro atoms. The van der Waals surface area contributed by atoms with Gasteiger partial charge in [0, 0.05) is 25.6 Å². The molecule has 1 saturated heterocycles. The Morgan fingerprint density at radius 1 is 1.11 bits per heavy atom. The van der Waals surface area contributed by atoms with Crippen LogP contribution in [0.5, 0.6) is 0 Å². The minimum Gasteiger partial charge on any atom is -0.443 e. The number of nitrogens with zero attached hydrogens (tertiary/aromatic N) is 2. The molecule has 2 aromatic carbocycles. The van der Waals surface area contributed by atoms with Gasteiger partial charge in [0.05, 0.1) is 5.56 Å². The highest BCUT2D eigenvalue weighted by Gasteiger charge is 2.37. The van der Waals surface area contributed by atoms with E-state index in [2.05, 4.69) is 10.3 Å². The molecule has 186 valence electrons. The van der Waals surface area contributed by atoms with Crippen LogP contribution in [0.15, 0.2) is 53.5 Å². The standard InChI is InChI=1S/C24H25F3N4O4/c1-15(32)31-11-9-17(10-12-31)19-8-7-18(13-20(19)24(25,26)27)21(33)29-22(28)30-23(34)35-14-16-5-3-2-4-6-16/h2-8,13,17H,9-12,14H2,1H3,(H3,28,29,30,33,34). The number of carbonyl (C=O) groups excluding carboxylic acids is 3. The molecule has 1 heterocycles. The van der Waals surface area contributed by atoms with E-state index in [9.17, 15) is 27.6 Å². The molecule has 0 saturated carbocycles. The molecule has 0 unspecified atom stereocenters. The third kappa shape index (κ3) is 7.05. The molecule has 1 aliphatic rings. The number of benzene rings is 2. The Bertz CT molecular complexity index is 1110. The fourth-order valence-electron chi connectivity index (χ4n) is 3.87. The molecule has 0 atom stereocenters. The van der Waals surface area contributed by atoms with Gasteiger partial charge in [-0.15, -0.1) is 4.99 Å². The van der Waals surface area contributed by atoms with Gasteiger partial charge in [-0.3, -0.25) is 14.9 Å². The van der Waals surface area contributed by atoms with Gasteiger partial charge in [-0.25, -0.2) is 4.79 Å². The zero-order valence-corrected chi connectivity index (χ0v) is 19.0. The highest BCUT2D eigenvalue weighted by Crippen LogP contribution is 2.39. The van der Waals surface area contributed by atoms with E-state index < -0.39 is 35.6 Å². The first-order valence-electron chi connectivity index (χ1n) is 10.9. The van der Waals surface area contributed by atoms with Crippen LogP contribution in [-0.2, 0) is 22.3 Å². The first-order chi connectivity index (χ1) is 16.5. The number of aliphatic imine (C=N–C) groups is 1. The van der Waals surface area contributed by atoms with Gasteiger partial charge < -0.3 is 15.4 Å². The van der Waals surface area contributed by atoms with Crippen LogP contribution in [0, 0.1) is 0 Å². The summed E-state index contributed by atoms with van der Waals surface area (Å²) in [5.41, 5.74) is 5.12. The molecule has 11 heteroatoms.